The minimum Gasteiger partial charge on any atom is -0.336 e. The van der Waals surface area contributed by atoms with Gasteiger partial charge in [-0.2, -0.15) is 0 Å². The van der Waals surface area contributed by atoms with Crippen molar-refractivity contribution in [2.75, 3.05) is 6.54 Å². The molecule has 4 fully saturated rings. The largest absolute Gasteiger partial charge is 0.336 e. The smallest absolute Gasteiger partial charge is 0.315 e. The lowest BCUT2D eigenvalue weighted by Crippen LogP contribution is -2.62. The minimum atomic E-state index is 0.0384. The maximum absolute atomic E-state index is 12.2. The van der Waals surface area contributed by atoms with Gasteiger partial charge in [0.25, 0.3) is 0 Å². The van der Waals surface area contributed by atoms with Crippen LogP contribution in [0.3, 0.4) is 0 Å². The summed E-state index contributed by atoms with van der Waals surface area (Å²) in [7, 11) is 0. The Kier molecular flexibility index (Phi) is 3.93. The van der Waals surface area contributed by atoms with Crippen molar-refractivity contribution >= 4 is 6.03 Å². The van der Waals surface area contributed by atoms with E-state index in [2.05, 4.69) is 17.6 Å². The standard InChI is InChI=1S/C16H29N3O/c1-11(3-2-4-17)18-15(20)19-16-8-12-5-13(9-16)7-14(6-12)10-16/h11-14H,2-10,17H2,1H3,(H2,18,19,20). The molecule has 0 radical (unpaired) electrons. The zero-order chi connectivity index (χ0) is 14.2. The molecule has 4 heteroatoms. The molecule has 0 aromatic heterocycles. The fourth-order valence-electron chi connectivity index (χ4n) is 5.26. The molecule has 4 aliphatic carbocycles. The number of nitrogens with two attached hydrogens (primary N) is 1. The van der Waals surface area contributed by atoms with Gasteiger partial charge in [-0.3, -0.25) is 0 Å². The van der Waals surface area contributed by atoms with Gasteiger partial charge >= 0.3 is 6.03 Å². The van der Waals surface area contributed by atoms with Crippen LogP contribution in [0, 0.1) is 17.8 Å². The second-order valence-corrected chi connectivity index (χ2v) is 7.63. The van der Waals surface area contributed by atoms with Gasteiger partial charge < -0.3 is 16.4 Å². The van der Waals surface area contributed by atoms with Crippen molar-refractivity contribution in [3.63, 3.8) is 0 Å². The van der Waals surface area contributed by atoms with Crippen LogP contribution in [-0.4, -0.2) is 24.2 Å². The summed E-state index contributed by atoms with van der Waals surface area (Å²) >= 11 is 0. The first-order valence-electron chi connectivity index (χ1n) is 8.37. The molecular formula is C16H29N3O. The van der Waals surface area contributed by atoms with Crippen LogP contribution in [0.15, 0.2) is 0 Å². The number of hydrogen-bond donors (Lipinski definition) is 3. The highest BCUT2D eigenvalue weighted by atomic mass is 16.2. The third-order valence-corrected chi connectivity index (χ3v) is 5.64. The van der Waals surface area contributed by atoms with E-state index in [1.54, 1.807) is 0 Å². The molecule has 0 aromatic carbocycles. The van der Waals surface area contributed by atoms with Gasteiger partial charge in [-0.05, 0) is 82.6 Å². The first-order chi connectivity index (χ1) is 9.58. The Morgan fingerprint density at radius 3 is 2.25 bits per heavy atom. The Balaban J connectivity index is 1.53. The molecule has 1 unspecified atom stereocenters. The van der Waals surface area contributed by atoms with Crippen LogP contribution in [0.4, 0.5) is 4.79 Å². The van der Waals surface area contributed by atoms with Crippen LogP contribution >= 0.6 is 0 Å². The second-order valence-electron chi connectivity index (χ2n) is 7.63. The van der Waals surface area contributed by atoms with Crippen LogP contribution < -0.4 is 16.4 Å². The molecule has 0 aromatic rings. The number of carbonyl (C=O) groups is 1. The van der Waals surface area contributed by atoms with Crippen molar-refractivity contribution in [2.24, 2.45) is 23.5 Å². The van der Waals surface area contributed by atoms with Gasteiger partial charge in [0.05, 0.1) is 0 Å². The van der Waals surface area contributed by atoms with E-state index in [1.165, 1.54) is 38.5 Å². The molecule has 2 amide bonds. The Labute approximate surface area is 122 Å². The van der Waals surface area contributed by atoms with Crippen LogP contribution in [-0.2, 0) is 0 Å². The molecule has 4 saturated carbocycles. The van der Waals surface area contributed by atoms with Gasteiger partial charge in [-0.1, -0.05) is 0 Å². The van der Waals surface area contributed by atoms with Crippen LogP contribution in [0.5, 0.6) is 0 Å². The van der Waals surface area contributed by atoms with Gasteiger partial charge in [0.2, 0.25) is 0 Å². The SMILES string of the molecule is CC(CCCN)NC(=O)NC12CC3CC(CC(C3)C1)C2. The molecule has 114 valence electrons. The molecule has 4 N–H and O–H groups in total. The first kappa shape index (κ1) is 14.2. The summed E-state index contributed by atoms with van der Waals surface area (Å²) in [6.07, 6.45) is 9.81. The van der Waals surface area contributed by atoms with Gasteiger partial charge in [0, 0.05) is 11.6 Å². The van der Waals surface area contributed by atoms with Crippen LogP contribution in [0.1, 0.15) is 58.3 Å². The number of carbonyl (C=O) groups excluding carboxylic acids is 1. The molecule has 1 atom stereocenters. The summed E-state index contributed by atoms with van der Waals surface area (Å²) in [6.45, 7) is 2.76. The average molecular weight is 279 g/mol. The van der Waals surface area contributed by atoms with E-state index in [0.29, 0.717) is 6.54 Å². The summed E-state index contributed by atoms with van der Waals surface area (Å²) in [5.41, 5.74) is 5.63. The first-order valence-corrected chi connectivity index (χ1v) is 8.37. The van der Waals surface area contributed by atoms with Crippen molar-refractivity contribution in [1.82, 2.24) is 10.6 Å². The number of hydrogen-bond acceptors (Lipinski definition) is 2. The second kappa shape index (κ2) is 5.55. The van der Waals surface area contributed by atoms with Crippen LogP contribution in [0.2, 0.25) is 0 Å². The lowest BCUT2D eigenvalue weighted by Gasteiger charge is -2.56. The minimum absolute atomic E-state index is 0.0384. The number of rotatable bonds is 5. The predicted octanol–water partition coefficient (Wildman–Crippen LogP) is 2.38. The van der Waals surface area contributed by atoms with Gasteiger partial charge in [-0.15, -0.1) is 0 Å². The summed E-state index contributed by atoms with van der Waals surface area (Å²) in [4.78, 5) is 12.2. The summed E-state index contributed by atoms with van der Waals surface area (Å²) in [6, 6.07) is 0.254. The Morgan fingerprint density at radius 2 is 1.75 bits per heavy atom. The number of urea groups is 1. The van der Waals surface area contributed by atoms with Crippen molar-refractivity contribution < 1.29 is 4.79 Å². The van der Waals surface area contributed by atoms with E-state index in [1.807, 2.05) is 0 Å². The molecule has 0 aliphatic heterocycles. The fourth-order valence-corrected chi connectivity index (χ4v) is 5.26. The molecule has 20 heavy (non-hydrogen) atoms. The van der Waals surface area contributed by atoms with E-state index in [9.17, 15) is 4.79 Å². The van der Waals surface area contributed by atoms with E-state index >= 15 is 0 Å². The Morgan fingerprint density at radius 1 is 1.20 bits per heavy atom. The highest BCUT2D eigenvalue weighted by molar-refractivity contribution is 5.75. The molecule has 0 saturated heterocycles. The highest BCUT2D eigenvalue weighted by Crippen LogP contribution is 2.55. The third kappa shape index (κ3) is 2.95. The topological polar surface area (TPSA) is 67.1 Å². The van der Waals surface area contributed by atoms with Gasteiger partial charge in [0.1, 0.15) is 0 Å². The van der Waals surface area contributed by atoms with Crippen molar-refractivity contribution in [2.45, 2.75) is 69.9 Å². The quantitative estimate of drug-likeness (QED) is 0.723. The molecule has 0 heterocycles. The zero-order valence-corrected chi connectivity index (χ0v) is 12.7. The fraction of sp³-hybridized carbons (Fsp3) is 0.938. The van der Waals surface area contributed by atoms with Gasteiger partial charge in [-0.25, -0.2) is 4.79 Å². The number of amides is 2. The Bertz CT molecular complexity index is 333. The van der Waals surface area contributed by atoms with Gasteiger partial charge in [0.15, 0.2) is 0 Å². The van der Waals surface area contributed by atoms with Crippen molar-refractivity contribution in [1.29, 1.82) is 0 Å². The van der Waals surface area contributed by atoms with Crippen LogP contribution in [0.25, 0.3) is 0 Å². The third-order valence-electron chi connectivity index (χ3n) is 5.64. The summed E-state index contributed by atoms with van der Waals surface area (Å²) < 4.78 is 0. The lowest BCUT2D eigenvalue weighted by atomic mass is 9.53. The zero-order valence-electron chi connectivity index (χ0n) is 12.7. The number of nitrogens with one attached hydrogen (secondary N) is 2. The predicted molar refractivity (Wildman–Crippen MR) is 80.3 cm³/mol. The molecule has 4 nitrogen and oxygen atoms in total. The van der Waals surface area contributed by atoms with E-state index in [-0.39, 0.29) is 17.6 Å². The molecular weight excluding hydrogens is 250 g/mol. The van der Waals surface area contributed by atoms with E-state index < -0.39 is 0 Å². The molecule has 4 rings (SSSR count). The summed E-state index contributed by atoms with van der Waals surface area (Å²) in [5, 5.41) is 6.43. The maximum atomic E-state index is 12.2. The lowest BCUT2D eigenvalue weighted by molar-refractivity contribution is -0.0136. The summed E-state index contributed by atoms with van der Waals surface area (Å²) in [5.74, 6) is 2.61. The van der Waals surface area contributed by atoms with E-state index in [0.717, 1.165) is 30.6 Å². The van der Waals surface area contributed by atoms with E-state index in [4.69, 9.17) is 5.73 Å². The molecule has 0 spiro atoms. The molecule has 4 bridgehead atoms. The molecule has 4 aliphatic rings. The monoisotopic (exact) mass is 279 g/mol. The Hall–Kier alpha value is -0.770. The average Bonchev–Trinajstić information content (AvgIpc) is 2.33. The van der Waals surface area contributed by atoms with Crippen molar-refractivity contribution in [3.05, 3.63) is 0 Å². The highest BCUT2D eigenvalue weighted by Gasteiger charge is 2.51. The van der Waals surface area contributed by atoms with Crippen molar-refractivity contribution in [3.8, 4) is 0 Å². The maximum Gasteiger partial charge on any atom is 0.315 e. The normalized spacial score (nSPS) is 39.6.